The van der Waals surface area contributed by atoms with Crippen LogP contribution in [0.4, 0.5) is 17.6 Å². The number of carbonyl (C=O) groups excluding carboxylic acids is 1. The highest BCUT2D eigenvalue weighted by molar-refractivity contribution is 7.11. The van der Waals surface area contributed by atoms with Crippen molar-refractivity contribution < 1.29 is 32.6 Å². The molecule has 166 valence electrons. The fraction of sp³-hybridized carbons (Fsp3) is 0.263. The standard InChI is InChI=1S/C19H18F4N4O3S/c20-11-5-9(1-2-10(11)19(21,22)23)12-3-4-13(26-12)17(30)27-14(6-24)18-25-7-16(31-18)15(29)8-28/h1-5,7,14-15,26,28-29H,6,8,24H2,(H,27,30). The number of aliphatic hydroxyl groups excluding tert-OH is 2. The van der Waals surface area contributed by atoms with Gasteiger partial charge in [0.1, 0.15) is 22.6 Å². The van der Waals surface area contributed by atoms with Crippen LogP contribution in [-0.2, 0) is 6.18 Å². The van der Waals surface area contributed by atoms with Crippen molar-refractivity contribution in [2.45, 2.75) is 18.3 Å². The van der Waals surface area contributed by atoms with Crippen LogP contribution in [0.5, 0.6) is 0 Å². The first-order valence-electron chi connectivity index (χ1n) is 8.95. The molecule has 0 radical (unpaired) electrons. The van der Waals surface area contributed by atoms with Crippen LogP contribution in [-0.4, -0.2) is 39.2 Å². The highest BCUT2D eigenvalue weighted by atomic mass is 32.1. The summed E-state index contributed by atoms with van der Waals surface area (Å²) in [6.07, 6.45) is -4.51. The normalized spacial score (nSPS) is 13.8. The molecule has 2 unspecified atom stereocenters. The van der Waals surface area contributed by atoms with Crippen molar-refractivity contribution in [1.82, 2.24) is 15.3 Å². The Hall–Kier alpha value is -2.80. The molecule has 31 heavy (non-hydrogen) atoms. The smallest absolute Gasteiger partial charge is 0.393 e. The molecule has 3 rings (SSSR count). The Labute approximate surface area is 177 Å². The SMILES string of the molecule is NCC(NC(=O)c1ccc(-c2ccc(C(F)(F)F)c(F)c2)[nH]1)c1ncc(C(O)CO)s1. The molecule has 0 saturated carbocycles. The van der Waals surface area contributed by atoms with Crippen molar-refractivity contribution >= 4 is 17.2 Å². The van der Waals surface area contributed by atoms with E-state index in [1.807, 2.05) is 0 Å². The zero-order chi connectivity index (χ0) is 22.8. The van der Waals surface area contributed by atoms with Gasteiger partial charge in [0, 0.05) is 24.0 Å². The van der Waals surface area contributed by atoms with Gasteiger partial charge < -0.3 is 26.2 Å². The number of thiazole rings is 1. The van der Waals surface area contributed by atoms with Gasteiger partial charge in [0.25, 0.3) is 5.91 Å². The van der Waals surface area contributed by atoms with Crippen LogP contribution in [0.3, 0.4) is 0 Å². The molecule has 3 aromatic rings. The average Bonchev–Trinajstić information content (AvgIpc) is 3.40. The van der Waals surface area contributed by atoms with Gasteiger partial charge in [0.15, 0.2) is 0 Å². The summed E-state index contributed by atoms with van der Waals surface area (Å²) in [6, 6.07) is 4.64. The van der Waals surface area contributed by atoms with E-state index in [1.165, 1.54) is 18.3 Å². The molecule has 12 heteroatoms. The van der Waals surface area contributed by atoms with Gasteiger partial charge in [-0.15, -0.1) is 11.3 Å². The lowest BCUT2D eigenvalue weighted by molar-refractivity contribution is -0.139. The number of aromatic amines is 1. The van der Waals surface area contributed by atoms with Crippen LogP contribution in [0.2, 0.25) is 0 Å². The minimum absolute atomic E-state index is 0.00555. The van der Waals surface area contributed by atoms with Crippen LogP contribution in [0.1, 0.15) is 38.1 Å². The summed E-state index contributed by atoms with van der Waals surface area (Å²) in [5.41, 5.74) is 4.81. The van der Waals surface area contributed by atoms with Crippen molar-refractivity contribution in [1.29, 1.82) is 0 Å². The number of rotatable bonds is 7. The number of aromatic nitrogens is 2. The summed E-state index contributed by atoms with van der Waals surface area (Å²) in [6.45, 7) is -0.470. The molecule has 2 heterocycles. The molecule has 0 fully saturated rings. The third-order valence-electron chi connectivity index (χ3n) is 4.40. The number of benzene rings is 1. The number of hydrogen-bond acceptors (Lipinski definition) is 6. The summed E-state index contributed by atoms with van der Waals surface area (Å²) in [4.78, 5) is 19.8. The predicted molar refractivity (Wildman–Crippen MR) is 105 cm³/mol. The molecule has 2 atom stereocenters. The van der Waals surface area contributed by atoms with E-state index >= 15 is 0 Å². The van der Waals surface area contributed by atoms with Gasteiger partial charge in [-0.2, -0.15) is 13.2 Å². The molecule has 0 spiro atoms. The minimum Gasteiger partial charge on any atom is -0.393 e. The Bertz CT molecular complexity index is 1070. The Balaban J connectivity index is 1.75. The van der Waals surface area contributed by atoms with Crippen molar-refractivity contribution in [2.75, 3.05) is 13.2 Å². The minimum atomic E-state index is -4.80. The fourth-order valence-corrected chi connectivity index (χ4v) is 3.73. The second-order valence-electron chi connectivity index (χ2n) is 6.54. The first kappa shape index (κ1) is 22.9. The summed E-state index contributed by atoms with van der Waals surface area (Å²) in [7, 11) is 0. The lowest BCUT2D eigenvalue weighted by Gasteiger charge is -2.14. The highest BCUT2D eigenvalue weighted by Gasteiger charge is 2.34. The number of alkyl halides is 3. The monoisotopic (exact) mass is 458 g/mol. The molecular weight excluding hydrogens is 440 g/mol. The van der Waals surface area contributed by atoms with Gasteiger partial charge in [-0.1, -0.05) is 6.07 Å². The molecule has 2 aromatic heterocycles. The van der Waals surface area contributed by atoms with Crippen LogP contribution < -0.4 is 11.1 Å². The van der Waals surface area contributed by atoms with Crippen LogP contribution in [0.15, 0.2) is 36.5 Å². The molecule has 0 saturated heterocycles. The van der Waals surface area contributed by atoms with Crippen molar-refractivity contribution in [3.05, 3.63) is 63.5 Å². The number of H-pyrrole nitrogens is 1. The first-order valence-corrected chi connectivity index (χ1v) is 9.77. The van der Waals surface area contributed by atoms with Gasteiger partial charge in [0.2, 0.25) is 0 Å². The maximum absolute atomic E-state index is 13.8. The maximum atomic E-state index is 13.8. The second kappa shape index (κ2) is 9.14. The van der Waals surface area contributed by atoms with E-state index in [0.717, 1.165) is 23.5 Å². The highest BCUT2D eigenvalue weighted by Crippen LogP contribution is 2.33. The number of nitrogens with one attached hydrogen (secondary N) is 2. The third-order valence-corrected chi connectivity index (χ3v) is 5.61. The number of aliphatic hydroxyl groups is 2. The Morgan fingerprint density at radius 1 is 1.29 bits per heavy atom. The van der Waals surface area contributed by atoms with E-state index in [1.54, 1.807) is 0 Å². The van der Waals surface area contributed by atoms with E-state index < -0.39 is 42.2 Å². The lowest BCUT2D eigenvalue weighted by Crippen LogP contribution is -2.33. The Morgan fingerprint density at radius 3 is 2.65 bits per heavy atom. The summed E-state index contributed by atoms with van der Waals surface area (Å²) < 4.78 is 52.0. The van der Waals surface area contributed by atoms with E-state index in [4.69, 9.17) is 10.8 Å². The van der Waals surface area contributed by atoms with Crippen molar-refractivity contribution in [3.8, 4) is 11.3 Å². The number of halogens is 4. The van der Waals surface area contributed by atoms with Crippen LogP contribution in [0.25, 0.3) is 11.3 Å². The molecule has 1 amide bonds. The van der Waals surface area contributed by atoms with E-state index in [-0.39, 0.29) is 23.5 Å². The van der Waals surface area contributed by atoms with Gasteiger partial charge >= 0.3 is 6.18 Å². The summed E-state index contributed by atoms with van der Waals surface area (Å²) in [5.74, 6) is -1.98. The molecule has 0 aliphatic heterocycles. The molecule has 0 bridgehead atoms. The molecule has 0 aliphatic carbocycles. The fourth-order valence-electron chi connectivity index (χ4n) is 2.77. The molecule has 0 aliphatic rings. The maximum Gasteiger partial charge on any atom is 0.419 e. The number of amides is 1. The quantitative estimate of drug-likeness (QED) is 0.348. The largest absolute Gasteiger partial charge is 0.419 e. The number of hydrogen-bond donors (Lipinski definition) is 5. The molecule has 6 N–H and O–H groups in total. The zero-order valence-electron chi connectivity index (χ0n) is 15.8. The van der Waals surface area contributed by atoms with E-state index in [0.29, 0.717) is 16.0 Å². The summed E-state index contributed by atoms with van der Waals surface area (Å²) >= 11 is 1.08. The van der Waals surface area contributed by atoms with Crippen LogP contribution >= 0.6 is 11.3 Å². The van der Waals surface area contributed by atoms with Crippen molar-refractivity contribution in [3.63, 3.8) is 0 Å². The first-order chi connectivity index (χ1) is 14.6. The van der Waals surface area contributed by atoms with Gasteiger partial charge in [-0.25, -0.2) is 9.37 Å². The zero-order valence-corrected chi connectivity index (χ0v) is 16.6. The topological polar surface area (TPSA) is 124 Å². The number of nitrogens with two attached hydrogens (primary N) is 1. The van der Waals surface area contributed by atoms with Crippen molar-refractivity contribution in [2.24, 2.45) is 5.73 Å². The summed E-state index contributed by atoms with van der Waals surface area (Å²) in [5, 5.41) is 21.8. The molecule has 1 aromatic carbocycles. The predicted octanol–water partition coefficient (Wildman–Crippen LogP) is 2.75. The Morgan fingerprint density at radius 2 is 2.03 bits per heavy atom. The average molecular weight is 458 g/mol. The lowest BCUT2D eigenvalue weighted by atomic mass is 10.1. The Kier molecular flexibility index (Phi) is 6.74. The molecule has 7 nitrogen and oxygen atoms in total. The van der Waals surface area contributed by atoms with E-state index in [2.05, 4.69) is 15.3 Å². The second-order valence-corrected chi connectivity index (χ2v) is 7.63. The molecular formula is C19H18F4N4O3S. The van der Waals surface area contributed by atoms with Crippen LogP contribution in [0, 0.1) is 5.82 Å². The van der Waals surface area contributed by atoms with Gasteiger partial charge in [-0.05, 0) is 24.3 Å². The van der Waals surface area contributed by atoms with E-state index in [9.17, 15) is 27.5 Å². The van der Waals surface area contributed by atoms with Gasteiger partial charge in [-0.3, -0.25) is 4.79 Å². The van der Waals surface area contributed by atoms with Gasteiger partial charge in [0.05, 0.1) is 23.1 Å². The third kappa shape index (κ3) is 5.10. The number of carbonyl (C=O) groups is 1. The number of nitrogens with zero attached hydrogens (tertiary/aromatic N) is 1.